The summed E-state index contributed by atoms with van der Waals surface area (Å²) in [6.07, 6.45) is 0. The zero-order valence-corrected chi connectivity index (χ0v) is 18.6. The maximum atomic E-state index is 13.2. The Morgan fingerprint density at radius 3 is 2.12 bits per heavy atom. The summed E-state index contributed by atoms with van der Waals surface area (Å²) in [5.41, 5.74) is 5.06. The van der Waals surface area contributed by atoms with Crippen LogP contribution in [0.4, 0.5) is 5.69 Å². The van der Waals surface area contributed by atoms with Crippen LogP contribution in [0.2, 0.25) is 0 Å². The first-order chi connectivity index (χ1) is 16.1. The van der Waals surface area contributed by atoms with Crippen LogP contribution in [0.15, 0.2) is 101 Å². The first kappa shape index (κ1) is 20.9. The molecule has 33 heavy (non-hydrogen) atoms. The largest absolute Gasteiger partial charge is 0.380 e. The highest BCUT2D eigenvalue weighted by atomic mass is 16.5. The molecule has 0 unspecified atom stereocenters. The smallest absolute Gasteiger partial charge is 0.259 e. The summed E-state index contributed by atoms with van der Waals surface area (Å²) in [6, 6.07) is 30.5. The molecule has 2 heterocycles. The van der Waals surface area contributed by atoms with Crippen LogP contribution in [-0.4, -0.2) is 17.9 Å². The lowest BCUT2D eigenvalue weighted by atomic mass is 9.75. The molecule has 0 radical (unpaired) electrons. The molecule has 0 saturated carbocycles. The molecule has 0 saturated heterocycles. The monoisotopic (exact) mass is 435 g/mol. The van der Waals surface area contributed by atoms with Crippen molar-refractivity contribution in [1.82, 2.24) is 4.98 Å². The SMILES string of the molecule is COCc1cc(C)[nH]c(=O)c1C1=NC(c2ccccc2)(c2ccccc2)c2ccccc2N1. The molecule has 0 amide bonds. The fraction of sp³-hybridized carbons (Fsp3) is 0.143. The molecular weight excluding hydrogens is 410 g/mol. The molecule has 3 aromatic carbocycles. The number of H-pyrrole nitrogens is 1. The van der Waals surface area contributed by atoms with Gasteiger partial charge in [-0.3, -0.25) is 4.79 Å². The second kappa shape index (κ2) is 8.52. The third kappa shape index (κ3) is 3.56. The van der Waals surface area contributed by atoms with E-state index in [0.29, 0.717) is 18.0 Å². The van der Waals surface area contributed by atoms with Gasteiger partial charge in [-0.25, -0.2) is 4.99 Å². The number of rotatable bonds is 5. The van der Waals surface area contributed by atoms with Gasteiger partial charge >= 0.3 is 0 Å². The van der Waals surface area contributed by atoms with Crippen molar-refractivity contribution in [2.45, 2.75) is 19.1 Å². The number of aliphatic imine (C=N–C) groups is 1. The van der Waals surface area contributed by atoms with Crippen LogP contribution in [0.1, 0.15) is 33.5 Å². The van der Waals surface area contributed by atoms with Crippen molar-refractivity contribution in [2.24, 2.45) is 4.99 Å². The van der Waals surface area contributed by atoms with Crippen molar-refractivity contribution in [3.05, 3.63) is 135 Å². The van der Waals surface area contributed by atoms with Crippen molar-refractivity contribution < 1.29 is 4.74 Å². The fourth-order valence-electron chi connectivity index (χ4n) is 4.66. The number of aryl methyl sites for hydroxylation is 1. The van der Waals surface area contributed by atoms with Crippen LogP contribution in [0.5, 0.6) is 0 Å². The van der Waals surface area contributed by atoms with Gasteiger partial charge in [0.2, 0.25) is 0 Å². The number of amidine groups is 1. The highest BCUT2D eigenvalue weighted by molar-refractivity contribution is 6.11. The molecule has 0 spiro atoms. The zero-order valence-electron chi connectivity index (χ0n) is 18.6. The second-order valence-electron chi connectivity index (χ2n) is 8.19. The molecule has 2 N–H and O–H groups in total. The van der Waals surface area contributed by atoms with Crippen molar-refractivity contribution in [3.63, 3.8) is 0 Å². The van der Waals surface area contributed by atoms with E-state index in [1.54, 1.807) is 7.11 Å². The normalized spacial score (nSPS) is 14.2. The van der Waals surface area contributed by atoms with Gasteiger partial charge in [-0.05, 0) is 35.7 Å². The van der Waals surface area contributed by atoms with Gasteiger partial charge in [0.25, 0.3) is 5.56 Å². The number of anilines is 1. The lowest BCUT2D eigenvalue weighted by Gasteiger charge is -2.38. The van der Waals surface area contributed by atoms with Gasteiger partial charge in [0, 0.05) is 24.1 Å². The lowest BCUT2D eigenvalue weighted by molar-refractivity contribution is 0.184. The van der Waals surface area contributed by atoms with E-state index < -0.39 is 5.54 Å². The number of hydrogen-bond acceptors (Lipinski definition) is 4. The Kier molecular flexibility index (Phi) is 5.40. The average Bonchev–Trinajstić information content (AvgIpc) is 2.84. The van der Waals surface area contributed by atoms with Crippen LogP contribution in [0, 0.1) is 6.92 Å². The molecule has 5 rings (SSSR count). The summed E-state index contributed by atoms with van der Waals surface area (Å²) >= 11 is 0. The number of aromatic amines is 1. The summed E-state index contributed by atoms with van der Waals surface area (Å²) in [6.45, 7) is 2.18. The molecule has 0 bridgehead atoms. The standard InChI is InChI=1S/C28H25N3O2/c1-19-17-20(18-33-2)25(27(32)29-19)26-30-24-16-10-9-15-23(24)28(31-26,21-11-5-3-6-12-21)22-13-7-4-8-14-22/h3-17H,18H2,1-2H3,(H,29,32)(H,30,31). The van der Waals surface area contributed by atoms with Gasteiger partial charge in [-0.1, -0.05) is 78.9 Å². The van der Waals surface area contributed by atoms with Crippen molar-refractivity contribution in [2.75, 3.05) is 12.4 Å². The van der Waals surface area contributed by atoms with E-state index in [-0.39, 0.29) is 5.56 Å². The van der Waals surface area contributed by atoms with Gasteiger partial charge in [0.15, 0.2) is 0 Å². The summed E-state index contributed by atoms with van der Waals surface area (Å²) in [4.78, 5) is 21.5. The average molecular weight is 436 g/mol. The predicted molar refractivity (Wildman–Crippen MR) is 132 cm³/mol. The van der Waals surface area contributed by atoms with Gasteiger partial charge in [0.05, 0.1) is 12.2 Å². The summed E-state index contributed by atoms with van der Waals surface area (Å²) < 4.78 is 5.42. The maximum absolute atomic E-state index is 13.2. The number of nitrogens with one attached hydrogen (secondary N) is 2. The second-order valence-corrected chi connectivity index (χ2v) is 8.19. The number of hydrogen-bond donors (Lipinski definition) is 2. The minimum absolute atomic E-state index is 0.192. The van der Waals surface area contributed by atoms with E-state index >= 15 is 0 Å². The topological polar surface area (TPSA) is 66.5 Å². The Bertz CT molecular complexity index is 1340. The molecule has 164 valence electrons. The van der Waals surface area contributed by atoms with Gasteiger partial charge in [0.1, 0.15) is 11.4 Å². The molecule has 1 aliphatic heterocycles. The number of methoxy groups -OCH3 is 1. The van der Waals surface area contributed by atoms with E-state index in [1.165, 1.54) is 0 Å². The van der Waals surface area contributed by atoms with E-state index in [1.807, 2.05) is 67.6 Å². The molecule has 5 nitrogen and oxygen atoms in total. The highest BCUT2D eigenvalue weighted by Crippen LogP contribution is 2.46. The third-order valence-corrected chi connectivity index (χ3v) is 6.02. The molecule has 1 aliphatic rings. The van der Waals surface area contributed by atoms with Crippen LogP contribution in [-0.2, 0) is 16.9 Å². The Morgan fingerprint density at radius 1 is 0.879 bits per heavy atom. The molecule has 0 atom stereocenters. The first-order valence-electron chi connectivity index (χ1n) is 10.9. The van der Waals surface area contributed by atoms with E-state index in [9.17, 15) is 4.79 Å². The molecule has 1 aromatic heterocycles. The Morgan fingerprint density at radius 2 is 1.48 bits per heavy atom. The number of fused-ring (bicyclic) bond motifs is 1. The van der Waals surface area contributed by atoms with E-state index in [2.05, 4.69) is 40.6 Å². The van der Waals surface area contributed by atoms with Crippen molar-refractivity contribution >= 4 is 11.5 Å². The lowest BCUT2D eigenvalue weighted by Crippen LogP contribution is -2.38. The minimum atomic E-state index is -0.818. The summed E-state index contributed by atoms with van der Waals surface area (Å²) in [7, 11) is 1.63. The molecule has 0 aliphatic carbocycles. The van der Waals surface area contributed by atoms with Gasteiger partial charge < -0.3 is 15.0 Å². The van der Waals surface area contributed by atoms with Crippen LogP contribution in [0.25, 0.3) is 0 Å². The molecule has 0 fully saturated rings. The van der Waals surface area contributed by atoms with Crippen molar-refractivity contribution in [1.29, 1.82) is 0 Å². The molecular formula is C28H25N3O2. The first-order valence-corrected chi connectivity index (χ1v) is 10.9. The van der Waals surface area contributed by atoms with Gasteiger partial charge in [-0.15, -0.1) is 0 Å². The van der Waals surface area contributed by atoms with E-state index in [4.69, 9.17) is 9.73 Å². The summed E-state index contributed by atoms with van der Waals surface area (Å²) in [5.74, 6) is 0.523. The number of pyridine rings is 1. The quantitative estimate of drug-likeness (QED) is 0.464. The Balaban J connectivity index is 1.87. The van der Waals surface area contributed by atoms with Crippen LogP contribution in [0.3, 0.4) is 0 Å². The fourth-order valence-corrected chi connectivity index (χ4v) is 4.66. The highest BCUT2D eigenvalue weighted by Gasteiger charge is 2.41. The van der Waals surface area contributed by atoms with Crippen LogP contribution >= 0.6 is 0 Å². The number of nitrogens with zero attached hydrogens (tertiary/aromatic N) is 1. The number of benzene rings is 3. The molecule has 4 aromatic rings. The number of ether oxygens (including phenoxy) is 1. The summed E-state index contributed by atoms with van der Waals surface area (Å²) in [5, 5.41) is 3.44. The number of para-hydroxylation sites is 1. The maximum Gasteiger partial charge on any atom is 0.259 e. The predicted octanol–water partition coefficient (Wildman–Crippen LogP) is 4.99. The van der Waals surface area contributed by atoms with Crippen LogP contribution < -0.4 is 10.9 Å². The minimum Gasteiger partial charge on any atom is -0.380 e. The van der Waals surface area contributed by atoms with Crippen molar-refractivity contribution in [3.8, 4) is 0 Å². The van der Waals surface area contributed by atoms with Gasteiger partial charge in [-0.2, -0.15) is 0 Å². The zero-order chi connectivity index (χ0) is 22.8. The third-order valence-electron chi connectivity index (χ3n) is 6.02. The molecule has 5 heteroatoms. The Hall–Kier alpha value is -3.96. The Labute approximate surface area is 192 Å². The number of aromatic nitrogens is 1. The van der Waals surface area contributed by atoms with E-state index in [0.717, 1.165) is 33.6 Å².